The van der Waals surface area contributed by atoms with Crippen LogP contribution in [0, 0.1) is 41.8 Å². The molecule has 9 heteroatoms. The van der Waals surface area contributed by atoms with E-state index in [-0.39, 0.29) is 17.5 Å². The monoisotopic (exact) mass is 474 g/mol. The molecule has 0 N–H and O–H groups in total. The summed E-state index contributed by atoms with van der Waals surface area (Å²) in [5, 5.41) is 0. The number of rotatable bonds is 7. The highest BCUT2D eigenvalue weighted by Crippen LogP contribution is 2.35. The molecular weight excluding hydrogens is 456 g/mol. The molecule has 3 rings (SSSR count). The molecule has 176 valence electrons. The van der Waals surface area contributed by atoms with Crippen LogP contribution in [0.25, 0.3) is 11.1 Å². The Morgan fingerprint density at radius 2 is 1.30 bits per heavy atom. The molecule has 2 atom stereocenters. The van der Waals surface area contributed by atoms with Gasteiger partial charge in [-0.05, 0) is 30.5 Å². The largest absolute Gasteiger partial charge is 0.487 e. The van der Waals surface area contributed by atoms with Crippen LogP contribution < -0.4 is 4.74 Å². The van der Waals surface area contributed by atoms with E-state index in [1.807, 2.05) is 0 Å². The molecule has 0 radical (unpaired) electrons. The highest BCUT2D eigenvalue weighted by Gasteiger charge is 2.30. The maximum absolute atomic E-state index is 14.5. The molecular formula is C24H18F8O. The fourth-order valence-corrected chi connectivity index (χ4v) is 3.24. The van der Waals surface area contributed by atoms with Crippen molar-refractivity contribution in [2.24, 2.45) is 0 Å². The van der Waals surface area contributed by atoms with Crippen LogP contribution in [0.15, 0.2) is 36.4 Å². The molecule has 0 saturated heterocycles. The van der Waals surface area contributed by atoms with Gasteiger partial charge in [0, 0.05) is 16.7 Å². The summed E-state index contributed by atoms with van der Waals surface area (Å²) in [6.07, 6.45) is -5.12. The fraction of sp³-hybridized carbons (Fsp3) is 0.250. The smallest absolute Gasteiger partial charge is 0.200 e. The van der Waals surface area contributed by atoms with Crippen LogP contribution in [0.1, 0.15) is 29.8 Å². The van der Waals surface area contributed by atoms with Crippen molar-refractivity contribution >= 4 is 0 Å². The number of alkyl halides is 2. The minimum atomic E-state index is -2.74. The maximum Gasteiger partial charge on any atom is 0.200 e. The number of hydrogen-bond acceptors (Lipinski definition) is 1. The predicted octanol–water partition coefficient (Wildman–Crippen LogP) is 7.49. The number of halogens is 8. The van der Waals surface area contributed by atoms with Gasteiger partial charge in [-0.2, -0.15) is 4.39 Å². The van der Waals surface area contributed by atoms with E-state index in [1.54, 1.807) is 6.92 Å². The third-order valence-electron chi connectivity index (χ3n) is 5.20. The summed E-state index contributed by atoms with van der Waals surface area (Å²) in [6, 6.07) is 5.93. The van der Waals surface area contributed by atoms with Gasteiger partial charge in [0.25, 0.3) is 0 Å². The van der Waals surface area contributed by atoms with Crippen molar-refractivity contribution in [2.45, 2.75) is 32.6 Å². The molecule has 0 aliphatic rings. The van der Waals surface area contributed by atoms with Gasteiger partial charge in [0.1, 0.15) is 6.61 Å². The number of aryl methyl sites for hydroxylation is 2. The molecule has 0 spiro atoms. The average molecular weight is 474 g/mol. The highest BCUT2D eigenvalue weighted by molar-refractivity contribution is 5.66. The van der Waals surface area contributed by atoms with E-state index in [1.165, 1.54) is 13.0 Å². The van der Waals surface area contributed by atoms with E-state index >= 15 is 0 Å². The van der Waals surface area contributed by atoms with Gasteiger partial charge in [0.05, 0.1) is 0 Å². The molecule has 2 unspecified atom stereocenters. The van der Waals surface area contributed by atoms with E-state index in [0.717, 1.165) is 24.3 Å². The van der Waals surface area contributed by atoms with Crippen molar-refractivity contribution in [1.82, 2.24) is 0 Å². The Kier molecular flexibility index (Phi) is 7.29. The fourth-order valence-electron chi connectivity index (χ4n) is 3.24. The lowest BCUT2D eigenvalue weighted by atomic mass is 9.98. The van der Waals surface area contributed by atoms with Gasteiger partial charge in [-0.25, -0.2) is 30.7 Å². The topological polar surface area (TPSA) is 9.23 Å². The Balaban J connectivity index is 1.82. The predicted molar refractivity (Wildman–Crippen MR) is 106 cm³/mol. The quantitative estimate of drug-likeness (QED) is 0.323. The second-order valence-corrected chi connectivity index (χ2v) is 7.32. The molecule has 0 aliphatic carbocycles. The normalized spacial score (nSPS) is 13.2. The molecule has 0 amide bonds. The lowest BCUT2D eigenvalue weighted by molar-refractivity contribution is 0.104. The summed E-state index contributed by atoms with van der Waals surface area (Å²) in [4.78, 5) is 0. The summed E-state index contributed by atoms with van der Waals surface area (Å²) < 4.78 is 118. The van der Waals surface area contributed by atoms with E-state index in [9.17, 15) is 35.1 Å². The Bertz CT molecular complexity index is 1180. The van der Waals surface area contributed by atoms with E-state index < -0.39 is 76.3 Å². The Labute approximate surface area is 184 Å². The average Bonchev–Trinajstić information content (AvgIpc) is 2.80. The first-order chi connectivity index (χ1) is 15.6. The van der Waals surface area contributed by atoms with Gasteiger partial charge < -0.3 is 4.74 Å². The van der Waals surface area contributed by atoms with E-state index in [2.05, 4.69) is 0 Å². The molecule has 33 heavy (non-hydrogen) atoms. The molecule has 0 heterocycles. The molecule has 0 saturated carbocycles. The number of ether oxygens (including phenoxy) is 1. The summed E-state index contributed by atoms with van der Waals surface area (Å²) in [6.45, 7) is 1.74. The number of hydrogen-bond donors (Lipinski definition) is 0. The third kappa shape index (κ3) is 4.67. The Morgan fingerprint density at radius 3 is 1.94 bits per heavy atom. The first-order valence-electron chi connectivity index (χ1n) is 9.89. The third-order valence-corrected chi connectivity index (χ3v) is 5.20. The minimum absolute atomic E-state index is 0.0569. The van der Waals surface area contributed by atoms with Crippen LogP contribution in [-0.2, 0) is 6.42 Å². The summed E-state index contributed by atoms with van der Waals surface area (Å²) in [7, 11) is 0. The molecule has 0 aromatic heterocycles. The zero-order valence-electron chi connectivity index (χ0n) is 17.5. The van der Waals surface area contributed by atoms with E-state index in [4.69, 9.17) is 4.74 Å². The standard InChI is InChI=1S/C24H18F8O/c1-3-12-5-9-17(24(32)19(12)27)33-10-16(25)20(28)15-8-7-14(22(30)23(15)31)13-6-4-11(2)18(26)21(13)29/h4-9,16,20H,3,10H2,1-2H3. The van der Waals surface area contributed by atoms with Crippen molar-refractivity contribution < 1.29 is 39.9 Å². The Morgan fingerprint density at radius 1 is 0.697 bits per heavy atom. The Hall–Kier alpha value is -3.10. The van der Waals surface area contributed by atoms with Crippen LogP contribution in [0.2, 0.25) is 0 Å². The zero-order valence-corrected chi connectivity index (χ0v) is 17.5. The first-order valence-corrected chi connectivity index (χ1v) is 9.89. The van der Waals surface area contributed by atoms with Crippen molar-refractivity contribution in [1.29, 1.82) is 0 Å². The minimum Gasteiger partial charge on any atom is -0.487 e. The maximum atomic E-state index is 14.5. The number of benzene rings is 3. The molecule has 0 bridgehead atoms. The van der Waals surface area contributed by atoms with Crippen LogP contribution in [0.3, 0.4) is 0 Å². The van der Waals surface area contributed by atoms with Crippen LogP contribution in [0.5, 0.6) is 5.75 Å². The SMILES string of the molecule is CCc1ccc(OCC(F)C(F)c2ccc(-c3ccc(C)c(F)c3F)c(F)c2F)c(F)c1F. The molecule has 1 nitrogen and oxygen atoms in total. The van der Waals surface area contributed by atoms with Gasteiger partial charge in [0.2, 0.25) is 5.82 Å². The second kappa shape index (κ2) is 9.80. The molecule has 3 aromatic carbocycles. The summed E-state index contributed by atoms with van der Waals surface area (Å²) in [5.41, 5.74) is -2.31. The second-order valence-electron chi connectivity index (χ2n) is 7.32. The van der Waals surface area contributed by atoms with Gasteiger partial charge in [-0.1, -0.05) is 37.3 Å². The lowest BCUT2D eigenvalue weighted by Crippen LogP contribution is -2.20. The van der Waals surface area contributed by atoms with Crippen LogP contribution >= 0.6 is 0 Å². The first kappa shape index (κ1) is 24.5. The van der Waals surface area contributed by atoms with Crippen molar-refractivity contribution in [3.63, 3.8) is 0 Å². The van der Waals surface area contributed by atoms with Crippen molar-refractivity contribution in [3.05, 3.63) is 88.0 Å². The summed E-state index contributed by atoms with van der Waals surface area (Å²) in [5.74, 6) is -9.41. The zero-order chi connectivity index (χ0) is 24.4. The summed E-state index contributed by atoms with van der Waals surface area (Å²) >= 11 is 0. The lowest BCUT2D eigenvalue weighted by Gasteiger charge is -2.17. The van der Waals surface area contributed by atoms with Crippen LogP contribution in [-0.4, -0.2) is 12.8 Å². The molecule has 0 fully saturated rings. The van der Waals surface area contributed by atoms with E-state index in [0.29, 0.717) is 6.07 Å². The molecule has 0 aliphatic heterocycles. The highest BCUT2D eigenvalue weighted by atomic mass is 19.2. The van der Waals surface area contributed by atoms with Gasteiger partial charge in [-0.15, -0.1) is 0 Å². The van der Waals surface area contributed by atoms with Crippen molar-refractivity contribution in [2.75, 3.05) is 6.61 Å². The van der Waals surface area contributed by atoms with Gasteiger partial charge >= 0.3 is 0 Å². The van der Waals surface area contributed by atoms with Gasteiger partial charge in [-0.3, -0.25) is 0 Å². The van der Waals surface area contributed by atoms with Gasteiger partial charge in [0.15, 0.2) is 47.2 Å². The van der Waals surface area contributed by atoms with Crippen LogP contribution in [0.4, 0.5) is 35.1 Å². The molecule has 3 aromatic rings. The van der Waals surface area contributed by atoms with Crippen molar-refractivity contribution in [3.8, 4) is 16.9 Å².